The fourth-order valence-electron chi connectivity index (χ4n) is 1.65. The molecule has 0 unspecified atom stereocenters. The number of non-ortho nitro benzene ring substituents is 1. The van der Waals surface area contributed by atoms with E-state index in [0.29, 0.717) is 10.6 Å². The quantitative estimate of drug-likeness (QED) is 0.334. The van der Waals surface area contributed by atoms with Gasteiger partial charge in [0.25, 0.3) is 5.69 Å². The fraction of sp³-hybridized carbons (Fsp3) is 0.200. The molecule has 0 saturated carbocycles. The SMILES string of the molecule is Cc1ccc(C(=O)COC(=O)COc2ccc([N+](=O)[O-])cc2)s1. The van der Waals surface area contributed by atoms with Gasteiger partial charge in [0.15, 0.2) is 13.2 Å². The van der Waals surface area contributed by atoms with Gasteiger partial charge in [-0.3, -0.25) is 14.9 Å². The molecule has 0 aliphatic carbocycles. The van der Waals surface area contributed by atoms with E-state index < -0.39 is 10.9 Å². The van der Waals surface area contributed by atoms with Gasteiger partial charge < -0.3 is 9.47 Å². The average molecular weight is 335 g/mol. The fourth-order valence-corrected chi connectivity index (χ4v) is 2.44. The van der Waals surface area contributed by atoms with Crippen LogP contribution in [-0.2, 0) is 9.53 Å². The highest BCUT2D eigenvalue weighted by atomic mass is 32.1. The number of nitro groups is 1. The van der Waals surface area contributed by atoms with Crippen molar-refractivity contribution in [2.24, 2.45) is 0 Å². The molecular weight excluding hydrogens is 322 g/mol. The molecule has 0 spiro atoms. The number of thiophene rings is 1. The Hall–Kier alpha value is -2.74. The van der Waals surface area contributed by atoms with Crippen LogP contribution < -0.4 is 4.74 Å². The van der Waals surface area contributed by atoms with E-state index in [1.54, 1.807) is 6.07 Å². The minimum Gasteiger partial charge on any atom is -0.482 e. The molecule has 120 valence electrons. The van der Waals surface area contributed by atoms with Crippen LogP contribution in [0.5, 0.6) is 5.75 Å². The van der Waals surface area contributed by atoms with Crippen molar-refractivity contribution in [3.63, 3.8) is 0 Å². The molecule has 7 nitrogen and oxygen atoms in total. The monoisotopic (exact) mass is 335 g/mol. The van der Waals surface area contributed by atoms with E-state index in [2.05, 4.69) is 0 Å². The van der Waals surface area contributed by atoms with E-state index in [9.17, 15) is 19.7 Å². The van der Waals surface area contributed by atoms with Gasteiger partial charge in [0.05, 0.1) is 9.80 Å². The molecule has 0 amide bonds. The zero-order valence-electron chi connectivity index (χ0n) is 12.2. The number of hydrogen-bond acceptors (Lipinski definition) is 7. The Labute approximate surface area is 135 Å². The van der Waals surface area contributed by atoms with E-state index >= 15 is 0 Å². The lowest BCUT2D eigenvalue weighted by molar-refractivity contribution is -0.384. The largest absolute Gasteiger partial charge is 0.482 e. The first kappa shape index (κ1) is 16.6. The van der Waals surface area contributed by atoms with Crippen LogP contribution >= 0.6 is 11.3 Å². The Morgan fingerprint density at radius 1 is 1.13 bits per heavy atom. The van der Waals surface area contributed by atoms with Crippen molar-refractivity contribution in [2.45, 2.75) is 6.92 Å². The summed E-state index contributed by atoms with van der Waals surface area (Å²) in [5.74, 6) is -0.662. The summed E-state index contributed by atoms with van der Waals surface area (Å²) in [6.07, 6.45) is 0. The minimum absolute atomic E-state index is 0.0724. The topological polar surface area (TPSA) is 95.7 Å². The van der Waals surface area contributed by atoms with E-state index in [4.69, 9.17) is 9.47 Å². The molecule has 0 fully saturated rings. The normalized spacial score (nSPS) is 10.1. The summed E-state index contributed by atoms with van der Waals surface area (Å²) in [6.45, 7) is 1.16. The van der Waals surface area contributed by atoms with Crippen LogP contribution in [0.25, 0.3) is 0 Å². The summed E-state index contributed by atoms with van der Waals surface area (Å²) < 4.78 is 9.97. The number of Topliss-reactive ketones (excluding diaryl/α,β-unsaturated/α-hetero) is 1. The van der Waals surface area contributed by atoms with Crippen molar-refractivity contribution < 1.29 is 24.0 Å². The smallest absolute Gasteiger partial charge is 0.344 e. The van der Waals surface area contributed by atoms with Crippen molar-refractivity contribution in [3.8, 4) is 5.75 Å². The van der Waals surface area contributed by atoms with E-state index in [-0.39, 0.29) is 24.7 Å². The van der Waals surface area contributed by atoms with Crippen molar-refractivity contribution >= 4 is 28.8 Å². The third-order valence-electron chi connectivity index (χ3n) is 2.78. The Morgan fingerprint density at radius 3 is 2.39 bits per heavy atom. The predicted octanol–water partition coefficient (Wildman–Crippen LogP) is 2.77. The van der Waals surface area contributed by atoms with Gasteiger partial charge in [-0.2, -0.15) is 0 Å². The maximum absolute atomic E-state index is 11.8. The third kappa shape index (κ3) is 4.89. The van der Waals surface area contributed by atoms with Gasteiger partial charge in [-0.15, -0.1) is 11.3 Å². The summed E-state index contributed by atoms with van der Waals surface area (Å²) in [5.41, 5.74) is -0.0724. The number of ether oxygens (including phenoxy) is 2. The average Bonchev–Trinajstić information content (AvgIpc) is 2.97. The molecule has 1 aromatic carbocycles. The molecule has 1 heterocycles. The highest BCUT2D eigenvalue weighted by molar-refractivity contribution is 7.14. The maximum Gasteiger partial charge on any atom is 0.344 e. The summed E-state index contributed by atoms with van der Waals surface area (Å²) in [7, 11) is 0. The molecule has 1 aromatic heterocycles. The van der Waals surface area contributed by atoms with Crippen LogP contribution in [0.1, 0.15) is 14.5 Å². The van der Waals surface area contributed by atoms with Gasteiger partial charge >= 0.3 is 5.97 Å². The molecule has 0 radical (unpaired) electrons. The van der Waals surface area contributed by atoms with Gasteiger partial charge in [0, 0.05) is 17.0 Å². The van der Waals surface area contributed by atoms with E-state index in [0.717, 1.165) is 4.88 Å². The minimum atomic E-state index is -0.690. The zero-order chi connectivity index (χ0) is 16.8. The van der Waals surface area contributed by atoms with Gasteiger partial charge in [0.1, 0.15) is 5.75 Å². The number of nitro benzene ring substituents is 1. The van der Waals surface area contributed by atoms with Crippen LogP contribution in [0.4, 0.5) is 5.69 Å². The number of carbonyl (C=O) groups is 2. The third-order valence-corrected chi connectivity index (χ3v) is 3.83. The van der Waals surface area contributed by atoms with Crippen LogP contribution in [-0.4, -0.2) is 29.9 Å². The van der Waals surface area contributed by atoms with Gasteiger partial charge in [-0.25, -0.2) is 4.79 Å². The lowest BCUT2D eigenvalue weighted by atomic mass is 10.3. The molecule has 0 bridgehead atoms. The number of rotatable bonds is 7. The molecule has 0 N–H and O–H groups in total. The number of carbonyl (C=O) groups excluding carboxylic acids is 2. The Morgan fingerprint density at radius 2 is 1.83 bits per heavy atom. The number of hydrogen-bond donors (Lipinski definition) is 0. The van der Waals surface area contributed by atoms with Gasteiger partial charge in [-0.05, 0) is 31.2 Å². The van der Waals surface area contributed by atoms with Crippen molar-refractivity contribution in [2.75, 3.05) is 13.2 Å². The first-order valence-corrected chi connectivity index (χ1v) is 7.40. The second kappa shape index (κ2) is 7.50. The summed E-state index contributed by atoms with van der Waals surface area (Å²) in [4.78, 5) is 34.8. The maximum atomic E-state index is 11.8. The van der Waals surface area contributed by atoms with Crippen LogP contribution in [0.15, 0.2) is 36.4 Å². The Kier molecular flexibility index (Phi) is 5.42. The molecule has 0 saturated heterocycles. The molecule has 8 heteroatoms. The molecule has 0 aliphatic rings. The number of nitrogens with zero attached hydrogens (tertiary/aromatic N) is 1. The summed E-state index contributed by atoms with van der Waals surface area (Å²) >= 11 is 1.33. The second-order valence-corrected chi connectivity index (χ2v) is 5.82. The molecule has 0 atom stereocenters. The second-order valence-electron chi connectivity index (χ2n) is 4.53. The molecule has 0 aliphatic heterocycles. The molecule has 2 rings (SSSR count). The number of aryl methyl sites for hydroxylation is 1. The molecule has 23 heavy (non-hydrogen) atoms. The zero-order valence-corrected chi connectivity index (χ0v) is 13.0. The van der Waals surface area contributed by atoms with E-state index in [1.807, 2.05) is 13.0 Å². The van der Waals surface area contributed by atoms with Crippen LogP contribution in [0, 0.1) is 17.0 Å². The predicted molar refractivity (Wildman–Crippen MR) is 82.9 cm³/mol. The standard InChI is InChI=1S/C15H13NO6S/c1-10-2-7-14(23-10)13(17)8-22-15(18)9-21-12-5-3-11(4-6-12)16(19)20/h2-7H,8-9H2,1H3. The number of ketones is 1. The van der Waals surface area contributed by atoms with Crippen LogP contribution in [0.2, 0.25) is 0 Å². The number of benzene rings is 1. The lowest BCUT2D eigenvalue weighted by Crippen LogP contribution is -2.19. The molecular formula is C15H13NO6S. The highest BCUT2D eigenvalue weighted by Gasteiger charge is 2.12. The Balaban J connectivity index is 1.76. The first-order valence-electron chi connectivity index (χ1n) is 6.58. The van der Waals surface area contributed by atoms with Crippen molar-refractivity contribution in [1.29, 1.82) is 0 Å². The van der Waals surface area contributed by atoms with Crippen LogP contribution in [0.3, 0.4) is 0 Å². The van der Waals surface area contributed by atoms with Crippen molar-refractivity contribution in [1.82, 2.24) is 0 Å². The lowest BCUT2D eigenvalue weighted by Gasteiger charge is -2.06. The van der Waals surface area contributed by atoms with E-state index in [1.165, 1.54) is 35.6 Å². The van der Waals surface area contributed by atoms with Gasteiger partial charge in [-0.1, -0.05) is 0 Å². The molecule has 2 aromatic rings. The Bertz CT molecular complexity index is 722. The number of esters is 1. The highest BCUT2D eigenvalue weighted by Crippen LogP contribution is 2.17. The van der Waals surface area contributed by atoms with Crippen molar-refractivity contribution in [3.05, 3.63) is 56.3 Å². The summed E-state index contributed by atoms with van der Waals surface area (Å²) in [5, 5.41) is 10.5. The van der Waals surface area contributed by atoms with Gasteiger partial charge in [0.2, 0.25) is 5.78 Å². The summed E-state index contributed by atoms with van der Waals surface area (Å²) in [6, 6.07) is 8.80. The first-order chi connectivity index (χ1) is 11.0.